The minimum atomic E-state index is -0.316. The summed E-state index contributed by atoms with van der Waals surface area (Å²) in [6, 6.07) is 6.79. The van der Waals surface area contributed by atoms with Crippen molar-refractivity contribution in [2.75, 3.05) is 6.61 Å². The van der Waals surface area contributed by atoms with Crippen LogP contribution in [0.5, 0.6) is 0 Å². The first-order valence-electron chi connectivity index (χ1n) is 7.62. The predicted molar refractivity (Wildman–Crippen MR) is 77.4 cm³/mol. The van der Waals surface area contributed by atoms with Gasteiger partial charge in [0.05, 0.1) is 12.0 Å². The Bertz CT molecular complexity index is 601. The molecule has 1 saturated heterocycles. The molecule has 0 radical (unpaired) electrons. The van der Waals surface area contributed by atoms with E-state index < -0.39 is 0 Å². The van der Waals surface area contributed by atoms with Crippen LogP contribution in [0.25, 0.3) is 0 Å². The quantitative estimate of drug-likeness (QED) is 0.608. The second kappa shape index (κ2) is 4.21. The SMILES string of the molecule is C=C1CC2COC(=O)C2(Cc2ccc3c(c2)CCC3)C1. The molecule has 2 fully saturated rings. The second-order valence-electron chi connectivity index (χ2n) is 6.72. The van der Waals surface area contributed by atoms with Crippen molar-refractivity contribution in [1.82, 2.24) is 0 Å². The number of cyclic esters (lactones) is 1. The van der Waals surface area contributed by atoms with E-state index in [0.29, 0.717) is 12.5 Å². The molecule has 20 heavy (non-hydrogen) atoms. The van der Waals surface area contributed by atoms with Crippen molar-refractivity contribution in [2.45, 2.75) is 38.5 Å². The van der Waals surface area contributed by atoms with Gasteiger partial charge in [0.1, 0.15) is 0 Å². The van der Waals surface area contributed by atoms with E-state index in [9.17, 15) is 4.79 Å². The molecule has 1 aliphatic heterocycles. The van der Waals surface area contributed by atoms with Crippen LogP contribution in [0.3, 0.4) is 0 Å². The molecular formula is C18H20O2. The summed E-state index contributed by atoms with van der Waals surface area (Å²) in [6.45, 7) is 4.69. The summed E-state index contributed by atoms with van der Waals surface area (Å²) in [5.74, 6) is 0.345. The number of fused-ring (bicyclic) bond motifs is 2. The largest absolute Gasteiger partial charge is 0.465 e. The van der Waals surface area contributed by atoms with Gasteiger partial charge < -0.3 is 4.74 Å². The first-order valence-corrected chi connectivity index (χ1v) is 7.62. The maximum Gasteiger partial charge on any atom is 0.313 e. The lowest BCUT2D eigenvalue weighted by Gasteiger charge is -2.24. The van der Waals surface area contributed by atoms with E-state index in [1.807, 2.05) is 0 Å². The van der Waals surface area contributed by atoms with Gasteiger partial charge >= 0.3 is 5.97 Å². The lowest BCUT2D eigenvalue weighted by molar-refractivity contribution is -0.146. The summed E-state index contributed by atoms with van der Waals surface area (Å²) in [5.41, 5.74) is 5.17. The number of carbonyl (C=O) groups excluding carboxylic acids is 1. The molecule has 2 aliphatic carbocycles. The van der Waals surface area contributed by atoms with Crippen molar-refractivity contribution in [3.8, 4) is 0 Å². The zero-order valence-corrected chi connectivity index (χ0v) is 11.8. The zero-order chi connectivity index (χ0) is 13.7. The van der Waals surface area contributed by atoms with Gasteiger partial charge in [0.2, 0.25) is 0 Å². The van der Waals surface area contributed by atoms with Crippen molar-refractivity contribution in [2.24, 2.45) is 11.3 Å². The highest BCUT2D eigenvalue weighted by Crippen LogP contribution is 2.52. The molecule has 1 aromatic rings. The Kier molecular flexibility index (Phi) is 2.57. The average molecular weight is 268 g/mol. The number of hydrogen-bond donors (Lipinski definition) is 0. The Labute approximate surface area is 119 Å². The lowest BCUT2D eigenvalue weighted by Crippen LogP contribution is -2.31. The fourth-order valence-corrected chi connectivity index (χ4v) is 4.36. The van der Waals surface area contributed by atoms with Crippen LogP contribution in [-0.2, 0) is 28.8 Å². The monoisotopic (exact) mass is 268 g/mol. The molecule has 1 aromatic carbocycles. The minimum Gasteiger partial charge on any atom is -0.465 e. The highest BCUT2D eigenvalue weighted by atomic mass is 16.5. The molecule has 2 atom stereocenters. The number of carbonyl (C=O) groups is 1. The molecule has 0 amide bonds. The number of esters is 1. The third kappa shape index (κ3) is 1.67. The molecule has 104 valence electrons. The zero-order valence-electron chi connectivity index (χ0n) is 11.8. The van der Waals surface area contributed by atoms with Gasteiger partial charge in [-0.3, -0.25) is 4.79 Å². The maximum atomic E-state index is 12.3. The lowest BCUT2D eigenvalue weighted by atomic mass is 9.75. The fraction of sp³-hybridized carbons (Fsp3) is 0.500. The first-order chi connectivity index (χ1) is 9.67. The molecule has 1 heterocycles. The van der Waals surface area contributed by atoms with Gasteiger partial charge in [-0.1, -0.05) is 30.4 Å². The van der Waals surface area contributed by atoms with Crippen LogP contribution >= 0.6 is 0 Å². The van der Waals surface area contributed by atoms with E-state index in [1.54, 1.807) is 0 Å². The van der Waals surface area contributed by atoms with Gasteiger partial charge in [0.25, 0.3) is 0 Å². The summed E-state index contributed by atoms with van der Waals surface area (Å²) in [4.78, 5) is 12.3. The topological polar surface area (TPSA) is 26.3 Å². The number of rotatable bonds is 2. The molecule has 0 bridgehead atoms. The van der Waals surface area contributed by atoms with Crippen LogP contribution in [0.1, 0.15) is 36.0 Å². The van der Waals surface area contributed by atoms with Crippen molar-refractivity contribution < 1.29 is 9.53 Å². The van der Waals surface area contributed by atoms with E-state index in [-0.39, 0.29) is 11.4 Å². The molecule has 2 nitrogen and oxygen atoms in total. The summed E-state index contributed by atoms with van der Waals surface area (Å²) in [5, 5.41) is 0. The van der Waals surface area contributed by atoms with E-state index in [4.69, 9.17) is 4.74 Å². The van der Waals surface area contributed by atoms with Crippen molar-refractivity contribution in [3.63, 3.8) is 0 Å². The molecule has 1 saturated carbocycles. The summed E-state index contributed by atoms with van der Waals surface area (Å²) in [6.07, 6.45) is 6.26. The fourth-order valence-electron chi connectivity index (χ4n) is 4.36. The highest BCUT2D eigenvalue weighted by molar-refractivity contribution is 5.81. The standard InChI is InChI=1S/C18H20O2/c1-12-7-16-11-20-17(19)18(16,9-12)10-13-5-6-14-3-2-4-15(14)8-13/h5-6,8,16H,1-4,7,9-11H2. The first kappa shape index (κ1) is 12.2. The van der Waals surface area contributed by atoms with E-state index in [0.717, 1.165) is 19.3 Å². The van der Waals surface area contributed by atoms with Crippen LogP contribution in [0.15, 0.2) is 30.4 Å². The van der Waals surface area contributed by atoms with E-state index >= 15 is 0 Å². The molecular weight excluding hydrogens is 248 g/mol. The minimum absolute atomic E-state index is 0.00153. The van der Waals surface area contributed by atoms with Gasteiger partial charge in [-0.15, -0.1) is 0 Å². The molecule has 2 unspecified atom stereocenters. The third-order valence-corrected chi connectivity index (χ3v) is 5.39. The Hall–Kier alpha value is -1.57. The second-order valence-corrected chi connectivity index (χ2v) is 6.72. The van der Waals surface area contributed by atoms with Crippen LogP contribution in [0.4, 0.5) is 0 Å². The Morgan fingerprint density at radius 1 is 1.30 bits per heavy atom. The molecule has 4 rings (SSSR count). The molecule has 3 aliphatic rings. The Balaban J connectivity index is 1.67. The molecule has 0 N–H and O–H groups in total. The summed E-state index contributed by atoms with van der Waals surface area (Å²) >= 11 is 0. The van der Waals surface area contributed by atoms with Crippen LogP contribution in [0.2, 0.25) is 0 Å². The smallest absolute Gasteiger partial charge is 0.313 e. The van der Waals surface area contributed by atoms with Crippen molar-refractivity contribution in [1.29, 1.82) is 0 Å². The maximum absolute atomic E-state index is 12.3. The number of ether oxygens (including phenoxy) is 1. The average Bonchev–Trinajstić information content (AvgIpc) is 3.06. The van der Waals surface area contributed by atoms with E-state index in [1.165, 1.54) is 41.5 Å². The predicted octanol–water partition coefficient (Wildman–Crippen LogP) is 3.23. The molecule has 2 heteroatoms. The number of aryl methyl sites for hydroxylation is 2. The van der Waals surface area contributed by atoms with Gasteiger partial charge in [0.15, 0.2) is 0 Å². The molecule has 0 spiro atoms. The summed E-state index contributed by atoms with van der Waals surface area (Å²) < 4.78 is 5.36. The van der Waals surface area contributed by atoms with Crippen molar-refractivity contribution in [3.05, 3.63) is 47.0 Å². The van der Waals surface area contributed by atoms with Gasteiger partial charge in [-0.05, 0) is 55.2 Å². The van der Waals surface area contributed by atoms with Gasteiger partial charge in [0, 0.05) is 5.92 Å². The number of benzene rings is 1. The Morgan fingerprint density at radius 3 is 3.05 bits per heavy atom. The number of allylic oxidation sites excluding steroid dienone is 1. The number of hydrogen-bond acceptors (Lipinski definition) is 2. The Morgan fingerprint density at radius 2 is 2.15 bits per heavy atom. The van der Waals surface area contributed by atoms with Gasteiger partial charge in [-0.25, -0.2) is 0 Å². The normalized spacial score (nSPS) is 31.3. The highest BCUT2D eigenvalue weighted by Gasteiger charge is 2.55. The van der Waals surface area contributed by atoms with Crippen LogP contribution in [-0.4, -0.2) is 12.6 Å². The van der Waals surface area contributed by atoms with Gasteiger partial charge in [-0.2, -0.15) is 0 Å². The summed E-state index contributed by atoms with van der Waals surface area (Å²) in [7, 11) is 0. The van der Waals surface area contributed by atoms with Crippen LogP contribution < -0.4 is 0 Å². The van der Waals surface area contributed by atoms with Crippen LogP contribution in [0, 0.1) is 11.3 Å². The van der Waals surface area contributed by atoms with E-state index in [2.05, 4.69) is 24.8 Å². The molecule has 0 aromatic heterocycles. The third-order valence-electron chi connectivity index (χ3n) is 5.39. The van der Waals surface area contributed by atoms with Crippen molar-refractivity contribution >= 4 is 5.97 Å².